The highest BCUT2D eigenvalue weighted by Gasteiger charge is 2.27. The van der Waals surface area contributed by atoms with Crippen molar-refractivity contribution in [1.82, 2.24) is 0 Å². The van der Waals surface area contributed by atoms with E-state index in [-0.39, 0.29) is 18.7 Å². The van der Waals surface area contributed by atoms with E-state index in [0.29, 0.717) is 5.16 Å². The third kappa shape index (κ3) is 6.33. The van der Waals surface area contributed by atoms with Crippen molar-refractivity contribution in [2.45, 2.75) is 33.1 Å². The Kier molecular flexibility index (Phi) is 6.32. The molecule has 0 aromatic heterocycles. The van der Waals surface area contributed by atoms with Crippen LogP contribution < -0.4 is 0 Å². The van der Waals surface area contributed by atoms with E-state index in [9.17, 15) is 8.78 Å². The standard InChI is InChI=1S/C10H15ClF2N2/c1-4-8(10(3,12)13)14-6-7-15-9(11)5-2/h5,7H,4,6H2,1-3H3. The van der Waals surface area contributed by atoms with Crippen molar-refractivity contribution < 1.29 is 8.78 Å². The third-order valence-corrected chi connectivity index (χ3v) is 1.97. The molecule has 0 N–H and O–H groups in total. The SMILES string of the molecule is CC=C(Cl)N=CCN=C(CC)C(C)(F)F. The van der Waals surface area contributed by atoms with Gasteiger partial charge in [-0.1, -0.05) is 24.6 Å². The van der Waals surface area contributed by atoms with Gasteiger partial charge in [0.25, 0.3) is 5.92 Å². The van der Waals surface area contributed by atoms with E-state index in [4.69, 9.17) is 11.6 Å². The van der Waals surface area contributed by atoms with Crippen LogP contribution in [0.1, 0.15) is 27.2 Å². The van der Waals surface area contributed by atoms with Crippen molar-refractivity contribution in [3.63, 3.8) is 0 Å². The number of nitrogens with zero attached hydrogens (tertiary/aromatic N) is 2. The molecule has 5 heteroatoms. The minimum Gasteiger partial charge on any atom is -0.282 e. The van der Waals surface area contributed by atoms with Gasteiger partial charge >= 0.3 is 0 Å². The lowest BCUT2D eigenvalue weighted by atomic mass is 10.2. The molecule has 0 aromatic rings. The second kappa shape index (κ2) is 6.67. The maximum absolute atomic E-state index is 12.8. The van der Waals surface area contributed by atoms with Crippen molar-refractivity contribution in [3.05, 3.63) is 11.2 Å². The van der Waals surface area contributed by atoms with Crippen LogP contribution in [0.2, 0.25) is 0 Å². The molecule has 0 heterocycles. The molecule has 0 saturated carbocycles. The van der Waals surface area contributed by atoms with E-state index < -0.39 is 5.92 Å². The van der Waals surface area contributed by atoms with Crippen molar-refractivity contribution >= 4 is 23.5 Å². The average molecular weight is 237 g/mol. The molecule has 0 amide bonds. The first-order chi connectivity index (χ1) is 6.91. The molecule has 0 saturated heterocycles. The Hall–Kier alpha value is -0.770. The number of aliphatic imine (C=N–C) groups is 2. The van der Waals surface area contributed by atoms with Gasteiger partial charge in [-0.25, -0.2) is 13.8 Å². The van der Waals surface area contributed by atoms with Crippen LogP contribution in [-0.2, 0) is 0 Å². The molecule has 0 aromatic carbocycles. The highest BCUT2D eigenvalue weighted by molar-refractivity contribution is 6.29. The van der Waals surface area contributed by atoms with Crippen LogP contribution in [0.3, 0.4) is 0 Å². The van der Waals surface area contributed by atoms with Crippen molar-refractivity contribution in [2.75, 3.05) is 6.54 Å². The predicted octanol–water partition coefficient (Wildman–Crippen LogP) is 3.66. The summed E-state index contributed by atoms with van der Waals surface area (Å²) in [5, 5.41) is 0.325. The number of alkyl halides is 2. The van der Waals surface area contributed by atoms with Gasteiger partial charge in [-0.3, -0.25) is 4.99 Å². The molecule has 0 radical (unpaired) electrons. The maximum atomic E-state index is 12.8. The third-order valence-electron chi connectivity index (χ3n) is 1.66. The molecule has 0 bridgehead atoms. The lowest BCUT2D eigenvalue weighted by molar-refractivity contribution is 0.0981. The molecule has 0 aliphatic heterocycles. The van der Waals surface area contributed by atoms with Gasteiger partial charge in [-0.15, -0.1) is 0 Å². The molecule has 0 fully saturated rings. The summed E-state index contributed by atoms with van der Waals surface area (Å²) in [7, 11) is 0. The molecule has 2 nitrogen and oxygen atoms in total. The number of hydrogen-bond donors (Lipinski definition) is 0. The van der Waals surface area contributed by atoms with Crippen molar-refractivity contribution in [3.8, 4) is 0 Å². The average Bonchev–Trinajstić information content (AvgIpc) is 2.15. The maximum Gasteiger partial charge on any atom is 0.282 e. The molecule has 0 spiro atoms. The molecule has 0 aliphatic rings. The summed E-state index contributed by atoms with van der Waals surface area (Å²) in [5.41, 5.74) is -0.120. The normalized spacial score (nSPS) is 15.1. The van der Waals surface area contributed by atoms with E-state index in [1.54, 1.807) is 19.9 Å². The second-order valence-electron chi connectivity index (χ2n) is 2.95. The second-order valence-corrected chi connectivity index (χ2v) is 3.34. The number of hydrogen-bond acceptors (Lipinski definition) is 2. The fraction of sp³-hybridized carbons (Fsp3) is 0.600. The monoisotopic (exact) mass is 236 g/mol. The van der Waals surface area contributed by atoms with Crippen LogP contribution in [0, 0.1) is 0 Å². The minimum absolute atomic E-state index is 0.120. The van der Waals surface area contributed by atoms with E-state index in [1.807, 2.05) is 0 Å². The van der Waals surface area contributed by atoms with Gasteiger partial charge in [0.1, 0.15) is 5.16 Å². The van der Waals surface area contributed by atoms with E-state index >= 15 is 0 Å². The summed E-state index contributed by atoms with van der Waals surface area (Å²) < 4.78 is 25.7. The molecule has 86 valence electrons. The topological polar surface area (TPSA) is 24.7 Å². The first-order valence-corrected chi connectivity index (χ1v) is 5.05. The first-order valence-electron chi connectivity index (χ1n) is 4.67. The lowest BCUT2D eigenvalue weighted by Crippen LogP contribution is -2.24. The van der Waals surface area contributed by atoms with Crippen LogP contribution in [0.5, 0.6) is 0 Å². The summed E-state index contributed by atoms with van der Waals surface area (Å²) in [6.07, 6.45) is 3.25. The van der Waals surface area contributed by atoms with Gasteiger partial charge in [0.2, 0.25) is 0 Å². The molecular formula is C10H15ClF2N2. The fourth-order valence-electron chi connectivity index (χ4n) is 0.915. The number of allylic oxidation sites excluding steroid dienone is 1. The van der Waals surface area contributed by atoms with Gasteiger partial charge in [0.15, 0.2) is 0 Å². The minimum atomic E-state index is -2.85. The Morgan fingerprint density at radius 3 is 2.47 bits per heavy atom. The van der Waals surface area contributed by atoms with E-state index in [2.05, 4.69) is 9.98 Å². The molecular weight excluding hydrogens is 222 g/mol. The van der Waals surface area contributed by atoms with Crippen LogP contribution >= 0.6 is 11.6 Å². The van der Waals surface area contributed by atoms with Gasteiger partial charge in [-0.2, -0.15) is 0 Å². The first kappa shape index (κ1) is 14.2. The van der Waals surface area contributed by atoms with Crippen molar-refractivity contribution in [2.24, 2.45) is 9.98 Å². The Labute approximate surface area is 93.8 Å². The Morgan fingerprint density at radius 1 is 1.47 bits per heavy atom. The van der Waals surface area contributed by atoms with Gasteiger partial charge in [0.05, 0.1) is 12.3 Å². The Bertz CT molecular complexity index is 278. The summed E-state index contributed by atoms with van der Waals surface area (Å²) in [4.78, 5) is 7.53. The molecule has 0 rings (SSSR count). The number of rotatable bonds is 5. The highest BCUT2D eigenvalue weighted by atomic mass is 35.5. The largest absolute Gasteiger partial charge is 0.282 e. The van der Waals surface area contributed by atoms with Crippen molar-refractivity contribution in [1.29, 1.82) is 0 Å². The van der Waals surface area contributed by atoms with Gasteiger partial charge in [-0.05, 0) is 13.3 Å². The van der Waals surface area contributed by atoms with E-state index in [1.165, 1.54) is 6.21 Å². The quantitative estimate of drug-likeness (QED) is 0.514. The van der Waals surface area contributed by atoms with Crippen LogP contribution in [-0.4, -0.2) is 24.4 Å². The summed E-state index contributed by atoms with van der Waals surface area (Å²) in [5.74, 6) is -2.85. The molecule has 0 atom stereocenters. The summed E-state index contributed by atoms with van der Waals surface area (Å²) in [6.45, 7) is 4.34. The zero-order valence-corrected chi connectivity index (χ0v) is 9.85. The molecule has 0 unspecified atom stereocenters. The lowest BCUT2D eigenvalue weighted by Gasteiger charge is -2.11. The Balaban J connectivity index is 4.32. The van der Waals surface area contributed by atoms with Crippen LogP contribution in [0.4, 0.5) is 8.78 Å². The zero-order chi connectivity index (χ0) is 11.9. The molecule has 0 aliphatic carbocycles. The zero-order valence-electron chi connectivity index (χ0n) is 9.10. The van der Waals surface area contributed by atoms with E-state index in [0.717, 1.165) is 6.92 Å². The van der Waals surface area contributed by atoms with Crippen LogP contribution in [0.25, 0.3) is 0 Å². The predicted molar refractivity (Wildman–Crippen MR) is 61.3 cm³/mol. The van der Waals surface area contributed by atoms with Crippen LogP contribution in [0.15, 0.2) is 21.2 Å². The summed E-state index contributed by atoms with van der Waals surface area (Å²) in [6, 6.07) is 0. The molecule has 15 heavy (non-hydrogen) atoms. The summed E-state index contributed by atoms with van der Waals surface area (Å²) >= 11 is 5.57. The Morgan fingerprint density at radius 2 is 2.07 bits per heavy atom. The smallest absolute Gasteiger partial charge is 0.282 e. The fourth-order valence-corrected chi connectivity index (χ4v) is 0.984. The van der Waals surface area contributed by atoms with Gasteiger partial charge in [0, 0.05) is 13.1 Å². The number of halogens is 3. The highest BCUT2D eigenvalue weighted by Crippen LogP contribution is 2.16. The van der Waals surface area contributed by atoms with Gasteiger partial charge < -0.3 is 0 Å².